The summed E-state index contributed by atoms with van der Waals surface area (Å²) in [6, 6.07) is 22.0. The minimum atomic E-state index is -0.282. The second-order valence-electron chi connectivity index (χ2n) is 10.3. The van der Waals surface area contributed by atoms with E-state index in [0.717, 1.165) is 17.7 Å². The van der Waals surface area contributed by atoms with Crippen molar-refractivity contribution in [2.24, 2.45) is 0 Å². The molecule has 41 heavy (non-hydrogen) atoms. The first kappa shape index (κ1) is 28.6. The first-order chi connectivity index (χ1) is 19.9. The predicted molar refractivity (Wildman–Crippen MR) is 161 cm³/mol. The van der Waals surface area contributed by atoms with Crippen LogP contribution in [0.2, 0.25) is 5.02 Å². The highest BCUT2D eigenvalue weighted by molar-refractivity contribution is 6.30. The second-order valence-corrected chi connectivity index (χ2v) is 10.7. The van der Waals surface area contributed by atoms with Gasteiger partial charge >= 0.3 is 0 Å². The van der Waals surface area contributed by atoms with Crippen molar-refractivity contribution in [2.45, 2.75) is 19.3 Å². The van der Waals surface area contributed by atoms with E-state index in [2.05, 4.69) is 10.2 Å². The zero-order valence-electron chi connectivity index (χ0n) is 23.2. The summed E-state index contributed by atoms with van der Waals surface area (Å²) >= 11 is 5.97. The summed E-state index contributed by atoms with van der Waals surface area (Å²) in [7, 11) is 0. The number of nitrogens with one attached hydrogen (secondary N) is 1. The number of amides is 3. The minimum absolute atomic E-state index is 0.0977. The van der Waals surface area contributed by atoms with Crippen molar-refractivity contribution < 1.29 is 19.1 Å². The molecular formula is C32H35ClN4O4. The van der Waals surface area contributed by atoms with Crippen molar-refractivity contribution in [3.05, 3.63) is 94.5 Å². The normalized spacial score (nSPS) is 16.3. The van der Waals surface area contributed by atoms with Crippen LogP contribution in [0.3, 0.4) is 0 Å². The van der Waals surface area contributed by atoms with Crippen molar-refractivity contribution in [1.29, 1.82) is 0 Å². The third-order valence-corrected chi connectivity index (χ3v) is 7.98. The van der Waals surface area contributed by atoms with Gasteiger partial charge in [-0.3, -0.25) is 14.4 Å². The summed E-state index contributed by atoms with van der Waals surface area (Å²) in [4.78, 5) is 45.9. The number of carbonyl (C=O) groups excluding carboxylic acids is 3. The molecular weight excluding hydrogens is 540 g/mol. The number of piperazine rings is 1. The Labute approximate surface area is 245 Å². The molecule has 3 aromatic rings. The minimum Gasteiger partial charge on any atom is -0.378 e. The number of nitrogens with zero attached hydrogens (tertiary/aromatic N) is 3. The lowest BCUT2D eigenvalue weighted by Crippen LogP contribution is -2.50. The van der Waals surface area contributed by atoms with Crippen LogP contribution in [-0.2, 0) is 9.53 Å². The number of ether oxygens (including phenoxy) is 1. The lowest BCUT2D eigenvalue weighted by molar-refractivity contribution is -0.133. The first-order valence-electron chi connectivity index (χ1n) is 14.1. The van der Waals surface area contributed by atoms with Gasteiger partial charge in [0.2, 0.25) is 5.91 Å². The Morgan fingerprint density at radius 2 is 1.54 bits per heavy atom. The molecule has 2 saturated heterocycles. The molecule has 0 saturated carbocycles. The molecule has 2 aliphatic heterocycles. The molecule has 9 heteroatoms. The Morgan fingerprint density at radius 1 is 0.854 bits per heavy atom. The molecule has 0 aliphatic carbocycles. The molecule has 3 amide bonds. The summed E-state index contributed by atoms with van der Waals surface area (Å²) in [6.07, 6.45) is 0.741. The van der Waals surface area contributed by atoms with Gasteiger partial charge in [-0.1, -0.05) is 48.9 Å². The van der Waals surface area contributed by atoms with Gasteiger partial charge < -0.3 is 24.8 Å². The molecule has 3 aromatic carbocycles. The van der Waals surface area contributed by atoms with Gasteiger partial charge in [0.25, 0.3) is 11.8 Å². The third kappa shape index (κ3) is 6.72. The van der Waals surface area contributed by atoms with E-state index in [-0.39, 0.29) is 23.6 Å². The number of hydrogen-bond acceptors (Lipinski definition) is 5. The van der Waals surface area contributed by atoms with E-state index < -0.39 is 0 Å². The maximum absolute atomic E-state index is 13.7. The summed E-state index contributed by atoms with van der Waals surface area (Å²) in [5.74, 6) is -0.400. The summed E-state index contributed by atoms with van der Waals surface area (Å²) in [5.41, 5.74) is 3.37. The maximum atomic E-state index is 13.7. The molecule has 214 valence electrons. The fraction of sp³-hybridized carbons (Fsp3) is 0.344. The van der Waals surface area contributed by atoms with E-state index in [1.807, 2.05) is 54.3 Å². The van der Waals surface area contributed by atoms with E-state index in [0.29, 0.717) is 74.3 Å². The van der Waals surface area contributed by atoms with Crippen molar-refractivity contribution in [2.75, 3.05) is 62.7 Å². The first-order valence-corrected chi connectivity index (χ1v) is 14.5. The molecule has 0 aromatic heterocycles. The fourth-order valence-electron chi connectivity index (χ4n) is 5.43. The van der Waals surface area contributed by atoms with Crippen LogP contribution >= 0.6 is 11.6 Å². The Morgan fingerprint density at radius 3 is 2.20 bits per heavy atom. The average molecular weight is 575 g/mol. The van der Waals surface area contributed by atoms with Crippen LogP contribution in [0.4, 0.5) is 11.4 Å². The number of anilines is 2. The molecule has 1 N–H and O–H groups in total. The van der Waals surface area contributed by atoms with E-state index in [9.17, 15) is 14.4 Å². The zero-order valence-corrected chi connectivity index (χ0v) is 24.0. The number of rotatable bonds is 7. The summed E-state index contributed by atoms with van der Waals surface area (Å²) in [6.45, 7) is 6.42. The second kappa shape index (κ2) is 13.2. The predicted octanol–water partition coefficient (Wildman–Crippen LogP) is 4.91. The van der Waals surface area contributed by atoms with Crippen LogP contribution < -0.4 is 10.2 Å². The topological polar surface area (TPSA) is 82.2 Å². The number of halogens is 1. The van der Waals surface area contributed by atoms with Gasteiger partial charge in [-0.2, -0.15) is 0 Å². The fourth-order valence-corrected chi connectivity index (χ4v) is 5.55. The molecule has 2 fully saturated rings. The molecule has 5 rings (SSSR count). The Balaban J connectivity index is 1.34. The van der Waals surface area contributed by atoms with Crippen LogP contribution in [0.1, 0.15) is 45.5 Å². The monoisotopic (exact) mass is 574 g/mol. The van der Waals surface area contributed by atoms with Crippen molar-refractivity contribution in [1.82, 2.24) is 9.80 Å². The average Bonchev–Trinajstić information content (AvgIpc) is 3.02. The Hall–Kier alpha value is -3.88. The molecule has 0 spiro atoms. The quantitative estimate of drug-likeness (QED) is 0.434. The van der Waals surface area contributed by atoms with Crippen LogP contribution in [0.25, 0.3) is 0 Å². The highest BCUT2D eigenvalue weighted by Gasteiger charge is 2.30. The maximum Gasteiger partial charge on any atom is 0.256 e. The molecule has 1 atom stereocenters. The van der Waals surface area contributed by atoms with E-state index in [1.54, 1.807) is 35.2 Å². The van der Waals surface area contributed by atoms with Gasteiger partial charge in [-0.05, 0) is 54.4 Å². The van der Waals surface area contributed by atoms with E-state index >= 15 is 0 Å². The van der Waals surface area contributed by atoms with Gasteiger partial charge in [0, 0.05) is 61.2 Å². The third-order valence-electron chi connectivity index (χ3n) is 7.73. The van der Waals surface area contributed by atoms with Gasteiger partial charge in [0.05, 0.1) is 24.7 Å². The van der Waals surface area contributed by atoms with Gasteiger partial charge in [0.15, 0.2) is 0 Å². The standard InChI is InChI=1S/C32H35ClN4O4/c1-2-27(23-6-4-3-5-7-23)31(39)36-16-14-35(15-17-36)29-13-12-26(34-30(38)24-8-10-25(33)11-9-24)22-28(29)32(40)37-18-20-41-21-19-37/h3-13,22,27H,2,14-21H2,1H3,(H,34,38)/t27-/m1/s1. The molecule has 0 radical (unpaired) electrons. The van der Waals surface area contributed by atoms with Crippen molar-refractivity contribution >= 4 is 40.7 Å². The molecule has 2 aliphatic rings. The van der Waals surface area contributed by atoms with Crippen LogP contribution in [0, 0.1) is 0 Å². The molecule has 2 heterocycles. The van der Waals surface area contributed by atoms with E-state index in [4.69, 9.17) is 16.3 Å². The highest BCUT2D eigenvalue weighted by atomic mass is 35.5. The SMILES string of the molecule is CC[C@@H](C(=O)N1CCN(c2ccc(NC(=O)c3ccc(Cl)cc3)cc2C(=O)N2CCOCC2)CC1)c1ccccc1. The Kier molecular flexibility index (Phi) is 9.21. The molecule has 0 unspecified atom stereocenters. The highest BCUT2D eigenvalue weighted by Crippen LogP contribution is 2.29. The van der Waals surface area contributed by atoms with Crippen LogP contribution in [-0.4, -0.2) is 80.0 Å². The summed E-state index contributed by atoms with van der Waals surface area (Å²) in [5, 5.41) is 3.47. The lowest BCUT2D eigenvalue weighted by Gasteiger charge is -2.38. The van der Waals surface area contributed by atoms with Crippen LogP contribution in [0.15, 0.2) is 72.8 Å². The smallest absolute Gasteiger partial charge is 0.256 e. The number of benzene rings is 3. The van der Waals surface area contributed by atoms with Gasteiger partial charge in [0.1, 0.15) is 0 Å². The lowest BCUT2D eigenvalue weighted by atomic mass is 9.94. The molecule has 0 bridgehead atoms. The number of hydrogen-bond donors (Lipinski definition) is 1. The summed E-state index contributed by atoms with van der Waals surface area (Å²) < 4.78 is 5.45. The van der Waals surface area contributed by atoms with Crippen molar-refractivity contribution in [3.63, 3.8) is 0 Å². The van der Waals surface area contributed by atoms with E-state index in [1.165, 1.54) is 0 Å². The van der Waals surface area contributed by atoms with Gasteiger partial charge in [-0.15, -0.1) is 0 Å². The number of carbonyl (C=O) groups is 3. The van der Waals surface area contributed by atoms with Gasteiger partial charge in [-0.25, -0.2) is 0 Å². The number of morpholine rings is 1. The molecule has 8 nitrogen and oxygen atoms in total. The van der Waals surface area contributed by atoms with Crippen molar-refractivity contribution in [3.8, 4) is 0 Å². The largest absolute Gasteiger partial charge is 0.378 e. The zero-order chi connectivity index (χ0) is 28.8. The van der Waals surface area contributed by atoms with Crippen LogP contribution in [0.5, 0.6) is 0 Å². The Bertz CT molecular complexity index is 1370.